The van der Waals surface area contributed by atoms with Gasteiger partial charge in [-0.3, -0.25) is 4.79 Å². The van der Waals surface area contributed by atoms with Gasteiger partial charge in [-0.2, -0.15) is 0 Å². The predicted molar refractivity (Wildman–Crippen MR) is 80.0 cm³/mol. The van der Waals surface area contributed by atoms with Crippen molar-refractivity contribution in [2.75, 3.05) is 0 Å². The second kappa shape index (κ2) is 9.17. The SMILES string of the molecule is C=C/C=C\C(=C/C)C(=O)c1ccc(C)cc1.CC. The largest absolute Gasteiger partial charge is 0.289 e. The second-order valence-electron chi connectivity index (χ2n) is 3.53. The van der Waals surface area contributed by atoms with E-state index in [9.17, 15) is 4.79 Å². The van der Waals surface area contributed by atoms with Crippen LogP contribution in [0.3, 0.4) is 0 Å². The number of carbonyl (C=O) groups is 1. The molecule has 0 saturated heterocycles. The molecule has 0 aromatic heterocycles. The van der Waals surface area contributed by atoms with Crippen LogP contribution in [0, 0.1) is 6.92 Å². The van der Waals surface area contributed by atoms with E-state index in [0.29, 0.717) is 11.1 Å². The first-order valence-corrected chi connectivity index (χ1v) is 6.26. The molecule has 0 aliphatic rings. The molecule has 1 aromatic carbocycles. The smallest absolute Gasteiger partial charge is 0.192 e. The van der Waals surface area contributed by atoms with Crippen LogP contribution < -0.4 is 0 Å². The van der Waals surface area contributed by atoms with Crippen molar-refractivity contribution >= 4 is 5.78 Å². The Morgan fingerprint density at radius 2 is 1.72 bits per heavy atom. The molecule has 0 unspecified atom stereocenters. The van der Waals surface area contributed by atoms with Crippen molar-refractivity contribution in [1.29, 1.82) is 0 Å². The van der Waals surface area contributed by atoms with Crippen molar-refractivity contribution in [2.24, 2.45) is 0 Å². The number of hydrogen-bond acceptors (Lipinski definition) is 1. The van der Waals surface area contributed by atoms with Crippen LogP contribution in [0.15, 0.2) is 60.7 Å². The van der Waals surface area contributed by atoms with E-state index in [1.54, 1.807) is 18.2 Å². The van der Waals surface area contributed by atoms with E-state index in [-0.39, 0.29) is 5.78 Å². The van der Waals surface area contributed by atoms with E-state index < -0.39 is 0 Å². The molecule has 1 aromatic rings. The summed E-state index contributed by atoms with van der Waals surface area (Å²) in [6, 6.07) is 7.58. The number of rotatable bonds is 4. The molecule has 0 bridgehead atoms. The van der Waals surface area contributed by atoms with Crippen molar-refractivity contribution in [2.45, 2.75) is 27.7 Å². The number of benzene rings is 1. The molecule has 0 amide bonds. The van der Waals surface area contributed by atoms with Gasteiger partial charge in [-0.25, -0.2) is 0 Å². The van der Waals surface area contributed by atoms with Crippen molar-refractivity contribution in [3.8, 4) is 0 Å². The molecule has 1 rings (SSSR count). The lowest BCUT2D eigenvalue weighted by Crippen LogP contribution is -2.01. The zero-order valence-electron chi connectivity index (χ0n) is 11.7. The minimum absolute atomic E-state index is 0.0422. The lowest BCUT2D eigenvalue weighted by molar-refractivity contribution is 0.103. The Labute approximate surface area is 111 Å². The predicted octanol–water partition coefficient (Wildman–Crippen LogP) is 4.89. The zero-order valence-corrected chi connectivity index (χ0v) is 11.7. The number of aryl methyl sites for hydroxylation is 1. The van der Waals surface area contributed by atoms with Gasteiger partial charge >= 0.3 is 0 Å². The Kier molecular flexibility index (Phi) is 8.21. The molecule has 1 nitrogen and oxygen atoms in total. The average Bonchev–Trinajstić information content (AvgIpc) is 2.42. The fourth-order valence-electron chi connectivity index (χ4n) is 1.35. The zero-order chi connectivity index (χ0) is 14.0. The van der Waals surface area contributed by atoms with Crippen LogP contribution in [-0.4, -0.2) is 5.78 Å². The van der Waals surface area contributed by atoms with E-state index in [2.05, 4.69) is 6.58 Å². The fraction of sp³-hybridized carbons (Fsp3) is 0.235. The van der Waals surface area contributed by atoms with Gasteiger partial charge in [0.25, 0.3) is 0 Å². The summed E-state index contributed by atoms with van der Waals surface area (Å²) in [5.41, 5.74) is 2.55. The topological polar surface area (TPSA) is 17.1 Å². The molecule has 0 aliphatic carbocycles. The Hall–Kier alpha value is -1.89. The molecular formula is C17H22O. The summed E-state index contributed by atoms with van der Waals surface area (Å²) in [6.45, 7) is 11.4. The third kappa shape index (κ3) is 4.96. The monoisotopic (exact) mass is 242 g/mol. The van der Waals surface area contributed by atoms with Gasteiger partial charge in [0, 0.05) is 11.1 Å². The molecule has 0 saturated carbocycles. The average molecular weight is 242 g/mol. The first-order chi connectivity index (χ1) is 8.69. The van der Waals surface area contributed by atoms with Gasteiger partial charge in [-0.15, -0.1) is 0 Å². The van der Waals surface area contributed by atoms with Crippen LogP contribution in [0.25, 0.3) is 0 Å². The van der Waals surface area contributed by atoms with Gasteiger partial charge in [0.15, 0.2) is 5.78 Å². The summed E-state index contributed by atoms with van der Waals surface area (Å²) >= 11 is 0. The summed E-state index contributed by atoms with van der Waals surface area (Å²) in [6.07, 6.45) is 7.00. The quantitative estimate of drug-likeness (QED) is 0.417. The standard InChI is InChI=1S/C15H16O.C2H6/c1-4-6-7-13(5-2)15(16)14-10-8-12(3)9-11-14;1-2/h4-11H,1H2,2-3H3;1-2H3/b7-6-,13-5+;. The van der Waals surface area contributed by atoms with Crippen molar-refractivity contribution in [3.05, 3.63) is 71.8 Å². The minimum atomic E-state index is 0.0422. The number of hydrogen-bond donors (Lipinski definition) is 0. The Bertz CT molecular complexity index is 433. The third-order valence-electron chi connectivity index (χ3n) is 2.30. The summed E-state index contributed by atoms with van der Waals surface area (Å²) in [7, 11) is 0. The van der Waals surface area contributed by atoms with Gasteiger partial charge in [0.1, 0.15) is 0 Å². The molecule has 1 heteroatoms. The van der Waals surface area contributed by atoms with E-state index in [1.165, 1.54) is 0 Å². The molecule has 0 N–H and O–H groups in total. The van der Waals surface area contributed by atoms with Crippen molar-refractivity contribution in [3.63, 3.8) is 0 Å². The lowest BCUT2D eigenvalue weighted by Gasteiger charge is -2.01. The van der Waals surface area contributed by atoms with Crippen LogP contribution in [0.1, 0.15) is 36.7 Å². The number of allylic oxidation sites excluding steroid dienone is 5. The molecule has 0 atom stereocenters. The van der Waals surface area contributed by atoms with Gasteiger partial charge in [-0.1, -0.05) is 74.6 Å². The highest BCUT2D eigenvalue weighted by molar-refractivity contribution is 6.10. The normalized spacial score (nSPS) is 10.8. The fourth-order valence-corrected chi connectivity index (χ4v) is 1.35. The van der Waals surface area contributed by atoms with E-state index >= 15 is 0 Å². The molecule has 18 heavy (non-hydrogen) atoms. The lowest BCUT2D eigenvalue weighted by atomic mass is 10.0. The summed E-state index contributed by atoms with van der Waals surface area (Å²) in [5, 5.41) is 0. The molecule has 0 fully saturated rings. The Morgan fingerprint density at radius 1 is 1.17 bits per heavy atom. The van der Waals surface area contributed by atoms with Crippen LogP contribution >= 0.6 is 0 Å². The highest BCUT2D eigenvalue weighted by atomic mass is 16.1. The molecule has 96 valence electrons. The first-order valence-electron chi connectivity index (χ1n) is 6.26. The van der Waals surface area contributed by atoms with Crippen molar-refractivity contribution in [1.82, 2.24) is 0 Å². The molecule has 0 aliphatic heterocycles. The number of ketones is 1. The number of Topliss-reactive ketones (excluding diaryl/α,β-unsaturated/α-hetero) is 1. The Morgan fingerprint density at radius 3 is 2.17 bits per heavy atom. The van der Waals surface area contributed by atoms with Gasteiger partial charge in [0.05, 0.1) is 0 Å². The summed E-state index contributed by atoms with van der Waals surface area (Å²) in [4.78, 5) is 12.0. The van der Waals surface area contributed by atoms with Gasteiger partial charge < -0.3 is 0 Å². The van der Waals surface area contributed by atoms with Gasteiger partial charge in [0.2, 0.25) is 0 Å². The molecular weight excluding hydrogens is 220 g/mol. The van der Waals surface area contributed by atoms with E-state index in [4.69, 9.17) is 0 Å². The molecule has 0 heterocycles. The minimum Gasteiger partial charge on any atom is -0.289 e. The maximum Gasteiger partial charge on any atom is 0.192 e. The highest BCUT2D eigenvalue weighted by Gasteiger charge is 2.07. The third-order valence-corrected chi connectivity index (χ3v) is 2.30. The highest BCUT2D eigenvalue weighted by Crippen LogP contribution is 2.11. The van der Waals surface area contributed by atoms with Crippen LogP contribution in [0.5, 0.6) is 0 Å². The van der Waals surface area contributed by atoms with Crippen LogP contribution in [0.4, 0.5) is 0 Å². The first kappa shape index (κ1) is 16.1. The molecule has 0 spiro atoms. The summed E-state index contributed by atoms with van der Waals surface area (Å²) < 4.78 is 0. The van der Waals surface area contributed by atoms with E-state index in [0.717, 1.165) is 5.56 Å². The number of carbonyl (C=O) groups excluding carboxylic acids is 1. The maximum absolute atomic E-state index is 12.0. The van der Waals surface area contributed by atoms with Crippen LogP contribution in [0.2, 0.25) is 0 Å². The van der Waals surface area contributed by atoms with Gasteiger partial charge in [-0.05, 0) is 13.8 Å². The molecule has 0 radical (unpaired) electrons. The maximum atomic E-state index is 12.0. The van der Waals surface area contributed by atoms with E-state index in [1.807, 2.05) is 58.0 Å². The summed E-state index contributed by atoms with van der Waals surface area (Å²) in [5.74, 6) is 0.0422. The van der Waals surface area contributed by atoms with Crippen molar-refractivity contribution < 1.29 is 4.79 Å². The van der Waals surface area contributed by atoms with Crippen LogP contribution in [-0.2, 0) is 0 Å². The Balaban J connectivity index is 0.00000137. The second-order valence-corrected chi connectivity index (χ2v) is 3.53.